The van der Waals surface area contributed by atoms with Gasteiger partial charge in [-0.2, -0.15) is 0 Å². The van der Waals surface area contributed by atoms with E-state index in [-0.39, 0.29) is 36.5 Å². The fraction of sp³-hybridized carbons (Fsp3) is 0.690. The quantitative estimate of drug-likeness (QED) is 0.413. The molecular weight excluding hydrogens is 442 g/mol. The van der Waals surface area contributed by atoms with E-state index in [9.17, 15) is 14.4 Å². The normalized spacial score (nSPS) is 12.8. The molecule has 35 heavy (non-hydrogen) atoms. The van der Waals surface area contributed by atoms with Crippen molar-refractivity contribution in [3.63, 3.8) is 0 Å². The molecule has 0 bridgehead atoms. The molecule has 0 heterocycles. The van der Waals surface area contributed by atoms with E-state index in [1.807, 2.05) is 74.4 Å². The third-order valence-electron chi connectivity index (χ3n) is 5.27. The average molecular weight is 490 g/mol. The van der Waals surface area contributed by atoms with E-state index >= 15 is 0 Å². The summed E-state index contributed by atoms with van der Waals surface area (Å²) in [4.78, 5) is 37.6. The number of carbonyl (C=O) groups excluding carboxylic acids is 3. The second-order valence-corrected chi connectivity index (χ2v) is 13.5. The van der Waals surface area contributed by atoms with Crippen LogP contribution in [-0.4, -0.2) is 23.3 Å². The molecule has 1 N–H and O–H groups in total. The van der Waals surface area contributed by atoms with Gasteiger partial charge in [-0.1, -0.05) is 26.8 Å². The van der Waals surface area contributed by atoms with Crippen molar-refractivity contribution in [1.29, 1.82) is 0 Å². The van der Waals surface area contributed by atoms with Crippen molar-refractivity contribution in [3.05, 3.63) is 28.8 Å². The molecule has 0 radical (unpaired) electrons. The van der Waals surface area contributed by atoms with Crippen molar-refractivity contribution in [3.8, 4) is 0 Å². The first-order valence-corrected chi connectivity index (χ1v) is 12.4. The SMILES string of the molecule is CC(C)(C)Nc1c(CCC(=O)C(C)(C)C)cc(COC(=O)C(C)(C)C)cc1COC(=O)C(C)(C)C. The van der Waals surface area contributed by atoms with Gasteiger partial charge >= 0.3 is 11.9 Å². The molecule has 1 aromatic rings. The van der Waals surface area contributed by atoms with Crippen LogP contribution in [0.3, 0.4) is 0 Å². The molecule has 0 amide bonds. The van der Waals surface area contributed by atoms with Gasteiger partial charge in [0.05, 0.1) is 10.8 Å². The summed E-state index contributed by atoms with van der Waals surface area (Å²) in [5, 5.41) is 3.55. The summed E-state index contributed by atoms with van der Waals surface area (Å²) in [6.45, 7) is 23.0. The van der Waals surface area contributed by atoms with Gasteiger partial charge in [0.2, 0.25) is 0 Å². The Morgan fingerprint density at radius 3 is 1.57 bits per heavy atom. The molecule has 0 spiro atoms. The van der Waals surface area contributed by atoms with Crippen LogP contribution < -0.4 is 5.32 Å². The standard InChI is InChI=1S/C29H47NO5/c1-26(2,3)22(31)14-13-20-15-19(17-34-24(32)27(4,5)6)16-21(23(20)30-29(10,11)12)18-35-25(33)28(7,8)9/h15-16,30H,13-14,17-18H2,1-12H3. The van der Waals surface area contributed by atoms with Gasteiger partial charge in [-0.3, -0.25) is 14.4 Å². The number of ether oxygens (including phenoxy) is 2. The molecule has 6 nitrogen and oxygen atoms in total. The number of carbonyl (C=O) groups is 3. The van der Waals surface area contributed by atoms with Gasteiger partial charge in [-0.25, -0.2) is 0 Å². The number of esters is 2. The smallest absolute Gasteiger partial charge is 0.311 e. The van der Waals surface area contributed by atoms with Crippen LogP contribution >= 0.6 is 0 Å². The molecule has 0 aliphatic carbocycles. The number of anilines is 1. The minimum atomic E-state index is -0.626. The molecule has 0 fully saturated rings. The second-order valence-electron chi connectivity index (χ2n) is 13.5. The summed E-state index contributed by atoms with van der Waals surface area (Å²) in [6.07, 6.45) is 0.907. The number of nitrogens with one attached hydrogen (secondary N) is 1. The number of benzene rings is 1. The number of aryl methyl sites for hydroxylation is 1. The van der Waals surface area contributed by atoms with Crippen LogP contribution in [-0.2, 0) is 43.5 Å². The fourth-order valence-corrected chi connectivity index (χ4v) is 3.12. The first-order chi connectivity index (χ1) is 15.6. The summed E-state index contributed by atoms with van der Waals surface area (Å²) in [5.41, 5.74) is 1.45. The van der Waals surface area contributed by atoms with Gasteiger partial charge < -0.3 is 14.8 Å². The van der Waals surface area contributed by atoms with Crippen LogP contribution in [0.5, 0.6) is 0 Å². The second kappa shape index (κ2) is 11.1. The summed E-state index contributed by atoms with van der Waals surface area (Å²) in [6, 6.07) is 3.89. The minimum absolute atomic E-state index is 0.0792. The predicted octanol–water partition coefficient (Wildman–Crippen LogP) is 6.62. The highest BCUT2D eigenvalue weighted by Crippen LogP contribution is 2.31. The molecule has 0 atom stereocenters. The maximum Gasteiger partial charge on any atom is 0.311 e. The highest BCUT2D eigenvalue weighted by Gasteiger charge is 2.27. The van der Waals surface area contributed by atoms with E-state index in [4.69, 9.17) is 9.47 Å². The zero-order valence-corrected chi connectivity index (χ0v) is 24.0. The number of rotatable bonds is 8. The van der Waals surface area contributed by atoms with E-state index in [0.717, 1.165) is 22.4 Å². The molecule has 0 aliphatic rings. The third-order valence-corrected chi connectivity index (χ3v) is 5.27. The molecule has 0 saturated heterocycles. The molecule has 6 heteroatoms. The Hall–Kier alpha value is -2.37. The van der Waals surface area contributed by atoms with Crippen molar-refractivity contribution in [1.82, 2.24) is 0 Å². The largest absolute Gasteiger partial charge is 0.460 e. The molecule has 0 unspecified atom stereocenters. The van der Waals surface area contributed by atoms with Crippen LogP contribution in [0.1, 0.15) is 106 Å². The van der Waals surface area contributed by atoms with Gasteiger partial charge in [0.25, 0.3) is 0 Å². The Bertz CT molecular complexity index is 867. The topological polar surface area (TPSA) is 81.7 Å². The van der Waals surface area contributed by atoms with Crippen molar-refractivity contribution < 1.29 is 23.9 Å². The van der Waals surface area contributed by atoms with Crippen LogP contribution in [0.2, 0.25) is 0 Å². The van der Waals surface area contributed by atoms with Gasteiger partial charge in [0.15, 0.2) is 0 Å². The van der Waals surface area contributed by atoms with Crippen molar-refractivity contribution in [2.24, 2.45) is 16.2 Å². The number of hydrogen-bond acceptors (Lipinski definition) is 6. The van der Waals surface area contributed by atoms with Crippen LogP contribution in [0, 0.1) is 16.2 Å². The molecule has 0 aliphatic heterocycles. The van der Waals surface area contributed by atoms with Crippen molar-refractivity contribution >= 4 is 23.4 Å². The average Bonchev–Trinajstić information content (AvgIpc) is 2.66. The van der Waals surface area contributed by atoms with Gasteiger partial charge in [-0.15, -0.1) is 0 Å². The van der Waals surface area contributed by atoms with Gasteiger partial charge in [0, 0.05) is 28.6 Å². The maximum absolute atomic E-state index is 12.7. The highest BCUT2D eigenvalue weighted by molar-refractivity contribution is 5.84. The lowest BCUT2D eigenvalue weighted by Crippen LogP contribution is -2.29. The molecule has 0 saturated carbocycles. The Balaban J connectivity index is 3.46. The monoisotopic (exact) mass is 489 g/mol. The lowest BCUT2D eigenvalue weighted by molar-refractivity contribution is -0.154. The maximum atomic E-state index is 12.7. The lowest BCUT2D eigenvalue weighted by Gasteiger charge is -2.28. The zero-order valence-electron chi connectivity index (χ0n) is 24.0. The summed E-state index contributed by atoms with van der Waals surface area (Å²) in [7, 11) is 0. The minimum Gasteiger partial charge on any atom is -0.460 e. The Morgan fingerprint density at radius 2 is 1.14 bits per heavy atom. The molecule has 1 rings (SSSR count). The zero-order chi connectivity index (χ0) is 27.4. The van der Waals surface area contributed by atoms with Crippen LogP contribution in [0.4, 0.5) is 5.69 Å². The van der Waals surface area contributed by atoms with E-state index < -0.39 is 16.2 Å². The van der Waals surface area contributed by atoms with Crippen LogP contribution in [0.15, 0.2) is 12.1 Å². The summed E-state index contributed by atoms with van der Waals surface area (Å²) < 4.78 is 11.2. The van der Waals surface area contributed by atoms with E-state index in [1.165, 1.54) is 0 Å². The number of Topliss-reactive ketones (excluding diaryl/α,β-unsaturated/α-hetero) is 1. The summed E-state index contributed by atoms with van der Waals surface area (Å²) in [5.74, 6) is -0.419. The third kappa shape index (κ3) is 10.4. The first-order valence-electron chi connectivity index (χ1n) is 12.4. The van der Waals surface area contributed by atoms with E-state index in [1.54, 1.807) is 0 Å². The number of hydrogen-bond donors (Lipinski definition) is 1. The first kappa shape index (κ1) is 30.7. The van der Waals surface area contributed by atoms with E-state index in [2.05, 4.69) is 26.1 Å². The van der Waals surface area contributed by atoms with Crippen molar-refractivity contribution in [2.45, 2.75) is 115 Å². The van der Waals surface area contributed by atoms with E-state index in [0.29, 0.717) is 12.8 Å². The fourth-order valence-electron chi connectivity index (χ4n) is 3.12. The molecular formula is C29H47NO5. The molecule has 1 aromatic carbocycles. The van der Waals surface area contributed by atoms with Gasteiger partial charge in [-0.05, 0) is 85.9 Å². The number of ketones is 1. The lowest BCUT2D eigenvalue weighted by atomic mass is 9.86. The predicted molar refractivity (Wildman–Crippen MR) is 141 cm³/mol. The Morgan fingerprint density at radius 1 is 0.686 bits per heavy atom. The van der Waals surface area contributed by atoms with Gasteiger partial charge in [0.1, 0.15) is 19.0 Å². The summed E-state index contributed by atoms with van der Waals surface area (Å²) >= 11 is 0. The Labute approximate surface area is 212 Å². The van der Waals surface area contributed by atoms with Crippen molar-refractivity contribution in [2.75, 3.05) is 5.32 Å². The highest BCUT2D eigenvalue weighted by atomic mass is 16.5. The van der Waals surface area contributed by atoms with Crippen LogP contribution in [0.25, 0.3) is 0 Å². The molecule has 198 valence electrons. The Kier molecular flexibility index (Phi) is 9.75. The molecule has 0 aromatic heterocycles.